The number of carbonyl (C=O) groups excluding carboxylic acids is 1. The summed E-state index contributed by atoms with van der Waals surface area (Å²) >= 11 is 0. The Morgan fingerprint density at radius 3 is 2.00 bits per heavy atom. The third kappa shape index (κ3) is 3.82. The van der Waals surface area contributed by atoms with Crippen molar-refractivity contribution in [1.82, 2.24) is 9.80 Å². The lowest BCUT2D eigenvalue weighted by Gasteiger charge is -2.31. The van der Waals surface area contributed by atoms with Gasteiger partial charge in [-0.2, -0.15) is 0 Å². The highest BCUT2D eigenvalue weighted by molar-refractivity contribution is 5.80. The monoisotopic (exact) mass is 212 g/mol. The molecule has 1 aliphatic rings. The van der Waals surface area contributed by atoms with Gasteiger partial charge in [-0.25, -0.2) is 0 Å². The lowest BCUT2D eigenvalue weighted by Crippen LogP contribution is -2.45. The SMILES string of the molecule is CC(C(=O)N(C)C)N1CCCCCCC1. The Morgan fingerprint density at radius 2 is 1.53 bits per heavy atom. The molecular formula is C12H24N2O. The fourth-order valence-corrected chi connectivity index (χ4v) is 2.19. The van der Waals surface area contributed by atoms with Crippen LogP contribution in [0.15, 0.2) is 0 Å². The Kier molecular flexibility index (Phi) is 5.09. The van der Waals surface area contributed by atoms with Crippen LogP contribution in [0, 0.1) is 0 Å². The third-order valence-electron chi connectivity index (χ3n) is 3.24. The molecule has 1 unspecified atom stereocenters. The maximum Gasteiger partial charge on any atom is 0.239 e. The lowest BCUT2D eigenvalue weighted by molar-refractivity contribution is -0.134. The molecule has 0 aromatic carbocycles. The molecule has 1 fully saturated rings. The van der Waals surface area contributed by atoms with Crippen molar-refractivity contribution in [3.05, 3.63) is 0 Å². The molecule has 0 N–H and O–H groups in total. The average Bonchev–Trinajstić information content (AvgIpc) is 2.15. The van der Waals surface area contributed by atoms with Crippen molar-refractivity contribution < 1.29 is 4.79 Å². The van der Waals surface area contributed by atoms with Crippen LogP contribution in [0.2, 0.25) is 0 Å². The topological polar surface area (TPSA) is 23.6 Å². The number of rotatable bonds is 2. The van der Waals surface area contributed by atoms with Gasteiger partial charge in [-0.1, -0.05) is 19.3 Å². The molecule has 0 saturated carbocycles. The Balaban J connectivity index is 2.48. The van der Waals surface area contributed by atoms with Crippen LogP contribution < -0.4 is 0 Å². The molecule has 3 heteroatoms. The maximum atomic E-state index is 11.8. The van der Waals surface area contributed by atoms with E-state index in [2.05, 4.69) is 4.90 Å². The van der Waals surface area contributed by atoms with Gasteiger partial charge in [-0.3, -0.25) is 9.69 Å². The Hall–Kier alpha value is -0.570. The summed E-state index contributed by atoms with van der Waals surface area (Å²) in [5.41, 5.74) is 0. The second kappa shape index (κ2) is 6.11. The first-order chi connectivity index (χ1) is 7.13. The van der Waals surface area contributed by atoms with Crippen molar-refractivity contribution >= 4 is 5.91 Å². The smallest absolute Gasteiger partial charge is 0.239 e. The first-order valence-corrected chi connectivity index (χ1v) is 6.08. The second-order valence-electron chi connectivity index (χ2n) is 4.71. The Bertz CT molecular complexity index is 196. The minimum atomic E-state index is 0.0538. The molecule has 15 heavy (non-hydrogen) atoms. The van der Waals surface area contributed by atoms with E-state index in [1.807, 2.05) is 21.0 Å². The summed E-state index contributed by atoms with van der Waals surface area (Å²) in [6, 6.07) is 0.0538. The van der Waals surface area contributed by atoms with Crippen LogP contribution in [0.25, 0.3) is 0 Å². The molecule has 0 aromatic rings. The summed E-state index contributed by atoms with van der Waals surface area (Å²) in [5.74, 6) is 0.232. The number of likely N-dealkylation sites (tertiary alicyclic amines) is 1. The van der Waals surface area contributed by atoms with Gasteiger partial charge in [-0.15, -0.1) is 0 Å². The largest absolute Gasteiger partial charge is 0.347 e. The van der Waals surface area contributed by atoms with Crippen LogP contribution in [0.1, 0.15) is 39.0 Å². The van der Waals surface area contributed by atoms with Crippen LogP contribution in [0.5, 0.6) is 0 Å². The van der Waals surface area contributed by atoms with E-state index in [9.17, 15) is 4.79 Å². The van der Waals surface area contributed by atoms with E-state index in [0.717, 1.165) is 13.1 Å². The Morgan fingerprint density at radius 1 is 1.07 bits per heavy atom. The van der Waals surface area contributed by atoms with Gasteiger partial charge >= 0.3 is 0 Å². The summed E-state index contributed by atoms with van der Waals surface area (Å²) in [6.45, 7) is 4.20. The summed E-state index contributed by atoms with van der Waals surface area (Å²) in [6.07, 6.45) is 6.48. The van der Waals surface area contributed by atoms with Crippen molar-refractivity contribution in [3.8, 4) is 0 Å². The fourth-order valence-electron chi connectivity index (χ4n) is 2.19. The van der Waals surface area contributed by atoms with Gasteiger partial charge in [-0.05, 0) is 32.9 Å². The highest BCUT2D eigenvalue weighted by Crippen LogP contribution is 2.13. The van der Waals surface area contributed by atoms with Crippen molar-refractivity contribution in [2.75, 3.05) is 27.2 Å². The van der Waals surface area contributed by atoms with E-state index in [0.29, 0.717) is 0 Å². The molecule has 1 heterocycles. The zero-order valence-corrected chi connectivity index (χ0v) is 10.3. The summed E-state index contributed by atoms with van der Waals surface area (Å²) in [7, 11) is 3.67. The fraction of sp³-hybridized carbons (Fsp3) is 0.917. The highest BCUT2D eigenvalue weighted by atomic mass is 16.2. The standard InChI is InChI=1S/C12H24N2O/c1-11(12(15)13(2)3)14-9-7-5-4-6-8-10-14/h11H,4-10H2,1-3H3. The highest BCUT2D eigenvalue weighted by Gasteiger charge is 2.22. The number of hydrogen-bond acceptors (Lipinski definition) is 2. The molecule has 0 bridgehead atoms. The predicted octanol–water partition coefficient (Wildman–Crippen LogP) is 1.73. The zero-order chi connectivity index (χ0) is 11.3. The van der Waals surface area contributed by atoms with Crippen molar-refractivity contribution in [2.24, 2.45) is 0 Å². The van der Waals surface area contributed by atoms with Crippen molar-refractivity contribution in [3.63, 3.8) is 0 Å². The average molecular weight is 212 g/mol. The van der Waals surface area contributed by atoms with Gasteiger partial charge in [0.25, 0.3) is 0 Å². The molecule has 0 radical (unpaired) electrons. The molecule has 1 rings (SSSR count). The van der Waals surface area contributed by atoms with E-state index in [1.165, 1.54) is 32.1 Å². The van der Waals surface area contributed by atoms with Gasteiger partial charge in [0.05, 0.1) is 6.04 Å². The van der Waals surface area contributed by atoms with Crippen molar-refractivity contribution in [2.45, 2.75) is 45.1 Å². The minimum Gasteiger partial charge on any atom is -0.347 e. The molecule has 0 spiro atoms. The molecule has 88 valence electrons. The first kappa shape index (κ1) is 12.5. The van der Waals surface area contributed by atoms with Crippen LogP contribution in [0.3, 0.4) is 0 Å². The number of nitrogens with zero attached hydrogens (tertiary/aromatic N) is 2. The zero-order valence-electron chi connectivity index (χ0n) is 10.3. The molecular weight excluding hydrogens is 188 g/mol. The molecule has 1 amide bonds. The molecule has 0 aliphatic carbocycles. The third-order valence-corrected chi connectivity index (χ3v) is 3.24. The van der Waals surface area contributed by atoms with Crippen LogP contribution >= 0.6 is 0 Å². The van der Waals surface area contributed by atoms with E-state index in [-0.39, 0.29) is 11.9 Å². The van der Waals surface area contributed by atoms with Gasteiger partial charge < -0.3 is 4.90 Å². The molecule has 3 nitrogen and oxygen atoms in total. The minimum absolute atomic E-state index is 0.0538. The van der Waals surface area contributed by atoms with Crippen LogP contribution in [0.4, 0.5) is 0 Å². The Labute approximate surface area is 93.4 Å². The van der Waals surface area contributed by atoms with Gasteiger partial charge in [0, 0.05) is 14.1 Å². The number of hydrogen-bond donors (Lipinski definition) is 0. The van der Waals surface area contributed by atoms with Crippen LogP contribution in [-0.4, -0.2) is 48.9 Å². The number of amides is 1. The van der Waals surface area contributed by atoms with E-state index < -0.39 is 0 Å². The number of likely N-dealkylation sites (N-methyl/N-ethyl adjacent to an activating group) is 1. The lowest BCUT2D eigenvalue weighted by atomic mass is 10.1. The molecule has 1 atom stereocenters. The first-order valence-electron chi connectivity index (χ1n) is 6.08. The predicted molar refractivity (Wildman–Crippen MR) is 62.8 cm³/mol. The van der Waals surface area contributed by atoms with Gasteiger partial charge in [0.2, 0.25) is 5.91 Å². The van der Waals surface area contributed by atoms with Gasteiger partial charge in [0.15, 0.2) is 0 Å². The molecule has 1 saturated heterocycles. The number of carbonyl (C=O) groups is 1. The van der Waals surface area contributed by atoms with Crippen LogP contribution in [-0.2, 0) is 4.79 Å². The quantitative estimate of drug-likeness (QED) is 0.696. The molecule has 0 aromatic heterocycles. The summed E-state index contributed by atoms with van der Waals surface area (Å²) in [4.78, 5) is 15.9. The summed E-state index contributed by atoms with van der Waals surface area (Å²) < 4.78 is 0. The summed E-state index contributed by atoms with van der Waals surface area (Å²) in [5, 5.41) is 0. The van der Waals surface area contributed by atoms with Crippen molar-refractivity contribution in [1.29, 1.82) is 0 Å². The van der Waals surface area contributed by atoms with E-state index in [4.69, 9.17) is 0 Å². The van der Waals surface area contributed by atoms with E-state index >= 15 is 0 Å². The molecule has 1 aliphatic heterocycles. The maximum absolute atomic E-state index is 11.8. The normalized spacial score (nSPS) is 21.5. The second-order valence-corrected chi connectivity index (χ2v) is 4.71. The van der Waals surface area contributed by atoms with Gasteiger partial charge in [0.1, 0.15) is 0 Å². The van der Waals surface area contributed by atoms with E-state index in [1.54, 1.807) is 4.90 Å².